The van der Waals surface area contributed by atoms with Crippen molar-refractivity contribution in [1.29, 1.82) is 0 Å². The highest BCUT2D eigenvalue weighted by Crippen LogP contribution is 2.28. The minimum Gasteiger partial charge on any atom is -0.464 e. The molecule has 128 valence electrons. The Hall–Kier alpha value is -3.15. The fourth-order valence-corrected chi connectivity index (χ4v) is 2.85. The summed E-state index contributed by atoms with van der Waals surface area (Å²) in [7, 11) is 0. The van der Waals surface area contributed by atoms with Gasteiger partial charge in [-0.2, -0.15) is 0 Å². The number of hydrogen-bond acceptors (Lipinski definition) is 4. The SMILES string of the molecule is Cc1ccc2c(CC(=O)Nc3cccc([N+](=O)[O-])c3C)coc2c1C. The molecule has 1 N–H and O–H groups in total. The quantitative estimate of drug-likeness (QED) is 0.562. The van der Waals surface area contributed by atoms with Crippen molar-refractivity contribution in [2.24, 2.45) is 0 Å². The van der Waals surface area contributed by atoms with Crippen LogP contribution in [0.1, 0.15) is 22.3 Å². The van der Waals surface area contributed by atoms with Crippen molar-refractivity contribution in [3.8, 4) is 0 Å². The molecule has 1 heterocycles. The first-order valence-electron chi connectivity index (χ1n) is 7.88. The lowest BCUT2D eigenvalue weighted by Crippen LogP contribution is -2.15. The Bertz CT molecular complexity index is 988. The molecule has 0 saturated carbocycles. The number of anilines is 1. The minimum atomic E-state index is -0.459. The molecule has 1 amide bonds. The van der Waals surface area contributed by atoms with Gasteiger partial charge in [-0.1, -0.05) is 18.2 Å². The summed E-state index contributed by atoms with van der Waals surface area (Å²) in [4.78, 5) is 22.9. The number of benzene rings is 2. The monoisotopic (exact) mass is 338 g/mol. The van der Waals surface area contributed by atoms with Crippen LogP contribution in [0, 0.1) is 30.9 Å². The predicted molar refractivity (Wildman–Crippen MR) is 95.9 cm³/mol. The number of carbonyl (C=O) groups excluding carboxylic acids is 1. The highest BCUT2D eigenvalue weighted by Gasteiger charge is 2.17. The fraction of sp³-hybridized carbons (Fsp3) is 0.211. The van der Waals surface area contributed by atoms with E-state index in [9.17, 15) is 14.9 Å². The Kier molecular flexibility index (Phi) is 4.27. The smallest absolute Gasteiger partial charge is 0.274 e. The van der Waals surface area contributed by atoms with Crippen LogP contribution in [0.4, 0.5) is 11.4 Å². The Morgan fingerprint density at radius 2 is 1.92 bits per heavy atom. The first kappa shape index (κ1) is 16.7. The molecule has 0 unspecified atom stereocenters. The Labute approximate surface area is 144 Å². The van der Waals surface area contributed by atoms with Crippen LogP contribution in [0.3, 0.4) is 0 Å². The number of nitrogens with zero attached hydrogens (tertiary/aromatic N) is 1. The van der Waals surface area contributed by atoms with Gasteiger partial charge in [0.2, 0.25) is 5.91 Å². The van der Waals surface area contributed by atoms with Gasteiger partial charge < -0.3 is 9.73 Å². The molecule has 0 bridgehead atoms. The van der Waals surface area contributed by atoms with Crippen molar-refractivity contribution in [2.75, 3.05) is 5.32 Å². The number of amides is 1. The molecule has 1 aromatic heterocycles. The van der Waals surface area contributed by atoms with E-state index in [0.29, 0.717) is 11.3 Å². The molecule has 6 heteroatoms. The maximum absolute atomic E-state index is 12.4. The van der Waals surface area contributed by atoms with Gasteiger partial charge >= 0.3 is 0 Å². The van der Waals surface area contributed by atoms with Crippen molar-refractivity contribution in [3.05, 3.63) is 69.0 Å². The highest BCUT2D eigenvalue weighted by molar-refractivity contribution is 5.96. The molecule has 25 heavy (non-hydrogen) atoms. The van der Waals surface area contributed by atoms with Crippen molar-refractivity contribution >= 4 is 28.3 Å². The van der Waals surface area contributed by atoms with E-state index >= 15 is 0 Å². The van der Waals surface area contributed by atoms with E-state index < -0.39 is 4.92 Å². The number of rotatable bonds is 4. The fourth-order valence-electron chi connectivity index (χ4n) is 2.85. The van der Waals surface area contributed by atoms with Gasteiger partial charge in [-0.15, -0.1) is 0 Å². The van der Waals surface area contributed by atoms with Crippen LogP contribution in [0.2, 0.25) is 0 Å². The van der Waals surface area contributed by atoms with Gasteiger partial charge in [0.15, 0.2) is 0 Å². The largest absolute Gasteiger partial charge is 0.464 e. The normalized spacial score (nSPS) is 10.8. The number of nitro groups is 1. The number of carbonyl (C=O) groups is 1. The second kappa shape index (κ2) is 6.39. The molecule has 0 atom stereocenters. The average molecular weight is 338 g/mol. The van der Waals surface area contributed by atoms with Crippen LogP contribution in [-0.2, 0) is 11.2 Å². The van der Waals surface area contributed by atoms with Gasteiger partial charge in [-0.25, -0.2) is 0 Å². The molecule has 0 radical (unpaired) electrons. The van der Waals surface area contributed by atoms with Crippen molar-refractivity contribution in [2.45, 2.75) is 27.2 Å². The lowest BCUT2D eigenvalue weighted by Gasteiger charge is -2.08. The third-order valence-electron chi connectivity index (χ3n) is 4.47. The van der Waals surface area contributed by atoms with Crippen LogP contribution in [0.15, 0.2) is 41.0 Å². The number of furan rings is 1. The molecule has 0 fully saturated rings. The Morgan fingerprint density at radius 1 is 1.16 bits per heavy atom. The molecular formula is C19H18N2O4. The summed E-state index contributed by atoms with van der Waals surface area (Å²) in [6.45, 7) is 5.61. The van der Waals surface area contributed by atoms with Crippen LogP contribution in [0.5, 0.6) is 0 Å². The molecule has 2 aromatic carbocycles. The summed E-state index contributed by atoms with van der Waals surface area (Å²) < 4.78 is 5.62. The van der Waals surface area contributed by atoms with E-state index in [2.05, 4.69) is 5.32 Å². The topological polar surface area (TPSA) is 85.4 Å². The second-order valence-corrected chi connectivity index (χ2v) is 6.08. The van der Waals surface area contributed by atoms with Gasteiger partial charge in [0.25, 0.3) is 5.69 Å². The predicted octanol–water partition coefficient (Wildman–Crippen LogP) is 4.45. The van der Waals surface area contributed by atoms with Gasteiger partial charge in [-0.05, 0) is 38.0 Å². The van der Waals surface area contributed by atoms with Crippen LogP contribution in [0.25, 0.3) is 11.0 Å². The van der Waals surface area contributed by atoms with E-state index in [1.54, 1.807) is 25.3 Å². The summed E-state index contributed by atoms with van der Waals surface area (Å²) in [5.74, 6) is -0.246. The number of nitro benzene ring substituents is 1. The maximum atomic E-state index is 12.4. The molecule has 3 rings (SSSR count). The summed E-state index contributed by atoms with van der Waals surface area (Å²) in [5, 5.41) is 14.7. The molecule has 6 nitrogen and oxygen atoms in total. The summed E-state index contributed by atoms with van der Waals surface area (Å²) in [6, 6.07) is 8.57. The standard InChI is InChI=1S/C19H18N2O4/c1-11-7-8-15-14(10-25-19(15)12(11)2)9-18(22)20-16-5-4-6-17(13(16)3)21(23)24/h4-8,10H,9H2,1-3H3,(H,20,22). The minimum absolute atomic E-state index is 0.0161. The van der Waals surface area contributed by atoms with E-state index in [4.69, 9.17) is 4.42 Å². The lowest BCUT2D eigenvalue weighted by molar-refractivity contribution is -0.385. The lowest BCUT2D eigenvalue weighted by atomic mass is 10.0. The molecule has 0 aliphatic heterocycles. The maximum Gasteiger partial charge on any atom is 0.274 e. The van der Waals surface area contributed by atoms with Crippen molar-refractivity contribution in [1.82, 2.24) is 0 Å². The average Bonchev–Trinajstić information content (AvgIpc) is 2.96. The first-order valence-corrected chi connectivity index (χ1v) is 7.88. The van der Waals surface area contributed by atoms with E-state index in [1.165, 1.54) is 6.07 Å². The zero-order chi connectivity index (χ0) is 18.1. The number of aryl methyl sites for hydroxylation is 2. The molecule has 3 aromatic rings. The third-order valence-corrected chi connectivity index (χ3v) is 4.47. The van der Waals surface area contributed by atoms with E-state index in [-0.39, 0.29) is 18.0 Å². The van der Waals surface area contributed by atoms with Crippen LogP contribution >= 0.6 is 0 Å². The van der Waals surface area contributed by atoms with E-state index in [1.807, 2.05) is 26.0 Å². The summed E-state index contributed by atoms with van der Waals surface area (Å²) in [6.07, 6.45) is 1.73. The summed E-state index contributed by atoms with van der Waals surface area (Å²) >= 11 is 0. The van der Waals surface area contributed by atoms with Crippen LogP contribution < -0.4 is 5.32 Å². The Morgan fingerprint density at radius 3 is 2.64 bits per heavy atom. The van der Waals surface area contributed by atoms with Crippen molar-refractivity contribution in [3.63, 3.8) is 0 Å². The number of nitrogens with one attached hydrogen (secondary N) is 1. The van der Waals surface area contributed by atoms with Gasteiger partial charge in [0, 0.05) is 17.0 Å². The van der Waals surface area contributed by atoms with E-state index in [0.717, 1.165) is 27.7 Å². The third kappa shape index (κ3) is 3.10. The van der Waals surface area contributed by atoms with Crippen LogP contribution in [-0.4, -0.2) is 10.8 Å². The van der Waals surface area contributed by atoms with Crippen molar-refractivity contribution < 1.29 is 14.1 Å². The molecular weight excluding hydrogens is 320 g/mol. The first-order chi connectivity index (χ1) is 11.9. The highest BCUT2D eigenvalue weighted by atomic mass is 16.6. The second-order valence-electron chi connectivity index (χ2n) is 6.08. The van der Waals surface area contributed by atoms with Gasteiger partial charge in [-0.3, -0.25) is 14.9 Å². The number of hydrogen-bond donors (Lipinski definition) is 1. The Balaban J connectivity index is 1.84. The number of fused-ring (bicyclic) bond motifs is 1. The summed E-state index contributed by atoms with van der Waals surface area (Å²) in [5.41, 5.74) is 4.62. The van der Waals surface area contributed by atoms with Gasteiger partial charge in [0.1, 0.15) is 5.58 Å². The zero-order valence-electron chi connectivity index (χ0n) is 14.3. The van der Waals surface area contributed by atoms with Gasteiger partial charge in [0.05, 0.1) is 28.9 Å². The molecule has 0 aliphatic carbocycles. The zero-order valence-corrected chi connectivity index (χ0v) is 14.3. The molecule has 0 saturated heterocycles. The molecule has 0 spiro atoms. The molecule has 0 aliphatic rings.